The second kappa shape index (κ2) is 9.57. The molecule has 0 atom stereocenters. The Morgan fingerprint density at radius 3 is 1.21 bits per heavy atom. The van der Waals surface area contributed by atoms with Gasteiger partial charge in [-0.05, 0) is 89.3 Å². The van der Waals surface area contributed by atoms with Gasteiger partial charge in [0, 0.05) is 0 Å². The van der Waals surface area contributed by atoms with Crippen molar-refractivity contribution in [2.24, 2.45) is 0 Å². The number of hydrogen-bond donors (Lipinski definition) is 0. The zero-order valence-corrected chi connectivity index (χ0v) is 20.0. The minimum atomic E-state index is -0.678. The predicted octanol–water partition coefficient (Wildman–Crippen LogP) is 7.40. The van der Waals surface area contributed by atoms with Crippen LogP contribution in [0.25, 0.3) is 22.3 Å². The Morgan fingerprint density at radius 2 is 0.788 bits per heavy atom. The molecule has 0 bridgehead atoms. The van der Waals surface area contributed by atoms with Crippen LogP contribution in [-0.2, 0) is 0 Å². The van der Waals surface area contributed by atoms with E-state index in [1.807, 2.05) is 0 Å². The van der Waals surface area contributed by atoms with Gasteiger partial charge in [-0.1, -0.05) is 109 Å². The molecule has 33 heavy (non-hydrogen) atoms. The molecule has 0 saturated heterocycles. The molecule has 0 amide bonds. The van der Waals surface area contributed by atoms with Gasteiger partial charge in [-0.3, -0.25) is 0 Å². The summed E-state index contributed by atoms with van der Waals surface area (Å²) >= 11 is 0. The lowest BCUT2D eigenvalue weighted by molar-refractivity contribution is 1.44. The molecule has 0 aliphatic carbocycles. The van der Waals surface area contributed by atoms with Crippen LogP contribution in [0.4, 0.5) is 0 Å². The van der Waals surface area contributed by atoms with Gasteiger partial charge in [-0.25, -0.2) is 0 Å². The molecule has 0 unspecified atom stereocenters. The molecular weight excluding hydrogens is 415 g/mol. The summed E-state index contributed by atoms with van der Waals surface area (Å²) in [4.78, 5) is 0. The molecule has 5 aromatic rings. The molecule has 0 spiro atoms. The highest BCUT2D eigenvalue weighted by atomic mass is 31.1. The quantitative estimate of drug-likeness (QED) is 0.249. The Hall–Kier alpha value is -3.47. The summed E-state index contributed by atoms with van der Waals surface area (Å²) in [5.74, 6) is 0. The van der Waals surface area contributed by atoms with Gasteiger partial charge in [-0.15, -0.1) is 0 Å². The first-order valence-electron chi connectivity index (χ1n) is 11.4. The van der Waals surface area contributed by atoms with Crippen molar-refractivity contribution < 1.29 is 0 Å². The van der Waals surface area contributed by atoms with Crippen molar-refractivity contribution in [3.05, 3.63) is 139 Å². The largest absolute Gasteiger partial charge is 0.0622 e. The minimum Gasteiger partial charge on any atom is -0.0622 e. The zero-order chi connectivity index (χ0) is 22.6. The first-order chi connectivity index (χ1) is 16.2. The van der Waals surface area contributed by atoms with E-state index < -0.39 is 7.92 Å². The van der Waals surface area contributed by atoms with Crippen molar-refractivity contribution in [3.8, 4) is 22.3 Å². The molecule has 0 saturated carbocycles. The molecule has 160 valence electrons. The summed E-state index contributed by atoms with van der Waals surface area (Å²) in [6, 6.07) is 46.5. The van der Waals surface area contributed by atoms with Gasteiger partial charge >= 0.3 is 0 Å². The Kier molecular flexibility index (Phi) is 6.20. The Labute approximate surface area is 198 Å². The highest BCUT2D eigenvalue weighted by Crippen LogP contribution is 2.37. The smallest absolute Gasteiger partial charge is 0.0134 e. The van der Waals surface area contributed by atoms with Crippen LogP contribution >= 0.6 is 7.92 Å². The molecule has 0 aromatic heterocycles. The summed E-state index contributed by atoms with van der Waals surface area (Å²) in [5.41, 5.74) is 7.75. The summed E-state index contributed by atoms with van der Waals surface area (Å²) in [5, 5.41) is 4.12. The highest BCUT2D eigenvalue weighted by Gasteiger charge is 2.19. The first kappa shape index (κ1) is 21.4. The molecular formula is C32H27P. The van der Waals surface area contributed by atoms with Crippen molar-refractivity contribution in [1.82, 2.24) is 0 Å². The maximum Gasteiger partial charge on any atom is -0.0134 e. The molecule has 1 heteroatoms. The SMILES string of the molecule is Cc1ccccc1-c1cc(-c2ccccc2C)cc(P(c2ccccc2)c2ccccc2)c1. The Bertz CT molecular complexity index is 1270. The van der Waals surface area contributed by atoms with Crippen LogP contribution in [0.5, 0.6) is 0 Å². The summed E-state index contributed by atoms with van der Waals surface area (Å²) in [6.07, 6.45) is 0. The van der Waals surface area contributed by atoms with E-state index in [4.69, 9.17) is 0 Å². The Balaban J connectivity index is 1.78. The average Bonchev–Trinajstić information content (AvgIpc) is 2.86. The van der Waals surface area contributed by atoms with Crippen molar-refractivity contribution in [2.75, 3.05) is 0 Å². The lowest BCUT2D eigenvalue weighted by atomic mass is 9.95. The first-order valence-corrected chi connectivity index (χ1v) is 12.7. The van der Waals surface area contributed by atoms with Crippen LogP contribution < -0.4 is 15.9 Å². The van der Waals surface area contributed by atoms with Gasteiger partial charge in [-0.2, -0.15) is 0 Å². The maximum atomic E-state index is 2.41. The molecule has 0 heterocycles. The van der Waals surface area contributed by atoms with E-state index in [2.05, 4.69) is 141 Å². The van der Waals surface area contributed by atoms with E-state index >= 15 is 0 Å². The molecule has 0 nitrogen and oxygen atoms in total. The lowest BCUT2D eigenvalue weighted by Gasteiger charge is -2.22. The van der Waals surface area contributed by atoms with Gasteiger partial charge < -0.3 is 0 Å². The summed E-state index contributed by atoms with van der Waals surface area (Å²) in [7, 11) is -0.678. The molecule has 5 aromatic carbocycles. The topological polar surface area (TPSA) is 0 Å². The Morgan fingerprint density at radius 1 is 0.394 bits per heavy atom. The lowest BCUT2D eigenvalue weighted by Crippen LogP contribution is -2.21. The monoisotopic (exact) mass is 442 g/mol. The maximum absolute atomic E-state index is 2.41. The van der Waals surface area contributed by atoms with Crippen LogP contribution in [0.3, 0.4) is 0 Å². The van der Waals surface area contributed by atoms with E-state index in [1.165, 1.54) is 49.3 Å². The van der Waals surface area contributed by atoms with Gasteiger partial charge in [0.25, 0.3) is 0 Å². The fourth-order valence-electron chi connectivity index (χ4n) is 4.45. The van der Waals surface area contributed by atoms with Crippen molar-refractivity contribution in [2.45, 2.75) is 13.8 Å². The van der Waals surface area contributed by atoms with Gasteiger partial charge in [0.2, 0.25) is 0 Å². The van der Waals surface area contributed by atoms with E-state index in [9.17, 15) is 0 Å². The van der Waals surface area contributed by atoms with E-state index in [1.54, 1.807) is 0 Å². The predicted molar refractivity (Wildman–Crippen MR) is 145 cm³/mol. The van der Waals surface area contributed by atoms with Crippen molar-refractivity contribution in [1.29, 1.82) is 0 Å². The highest BCUT2D eigenvalue weighted by molar-refractivity contribution is 7.79. The number of aryl methyl sites for hydroxylation is 2. The van der Waals surface area contributed by atoms with Crippen LogP contribution in [0.2, 0.25) is 0 Å². The third-order valence-electron chi connectivity index (χ3n) is 6.12. The summed E-state index contributed by atoms with van der Waals surface area (Å²) in [6.45, 7) is 4.40. The minimum absolute atomic E-state index is 0.678. The third kappa shape index (κ3) is 4.54. The molecule has 0 fully saturated rings. The third-order valence-corrected chi connectivity index (χ3v) is 8.52. The van der Waals surface area contributed by atoms with Crippen LogP contribution in [0, 0.1) is 13.8 Å². The average molecular weight is 443 g/mol. The molecule has 0 radical (unpaired) electrons. The normalized spacial score (nSPS) is 11.0. The molecule has 0 aliphatic rings. The van der Waals surface area contributed by atoms with Crippen LogP contribution in [0.15, 0.2) is 127 Å². The molecule has 0 N–H and O–H groups in total. The van der Waals surface area contributed by atoms with Crippen molar-refractivity contribution >= 4 is 23.8 Å². The van der Waals surface area contributed by atoms with Crippen LogP contribution in [-0.4, -0.2) is 0 Å². The second-order valence-corrected chi connectivity index (χ2v) is 10.6. The van der Waals surface area contributed by atoms with Crippen molar-refractivity contribution in [3.63, 3.8) is 0 Å². The fourth-order valence-corrected chi connectivity index (χ4v) is 6.82. The van der Waals surface area contributed by atoms with E-state index in [-0.39, 0.29) is 0 Å². The zero-order valence-electron chi connectivity index (χ0n) is 19.1. The standard InChI is InChI=1S/C32H27P/c1-24-13-9-11-19-31(24)26-21-27(32-20-12-10-14-25(32)2)23-30(22-26)33(28-15-5-3-6-16-28)29-17-7-4-8-18-29/h3-23H,1-2H3. The number of hydrogen-bond acceptors (Lipinski definition) is 0. The van der Waals surface area contributed by atoms with E-state index in [0.717, 1.165) is 0 Å². The van der Waals surface area contributed by atoms with Crippen LogP contribution in [0.1, 0.15) is 11.1 Å². The number of benzene rings is 5. The van der Waals surface area contributed by atoms with E-state index in [0.29, 0.717) is 0 Å². The fraction of sp³-hybridized carbons (Fsp3) is 0.0625. The molecule has 0 aliphatic heterocycles. The summed E-state index contributed by atoms with van der Waals surface area (Å²) < 4.78 is 0. The number of rotatable bonds is 5. The second-order valence-electron chi connectivity index (χ2n) is 8.40. The van der Waals surface area contributed by atoms with Gasteiger partial charge in [0.1, 0.15) is 0 Å². The van der Waals surface area contributed by atoms with Gasteiger partial charge in [0.05, 0.1) is 0 Å². The van der Waals surface area contributed by atoms with Gasteiger partial charge in [0.15, 0.2) is 0 Å². The molecule has 5 rings (SSSR count).